The zero-order valence-corrected chi connectivity index (χ0v) is 12.0. The van der Waals surface area contributed by atoms with E-state index in [1.807, 2.05) is 0 Å². The molecule has 0 radical (unpaired) electrons. The average molecular weight is 327 g/mol. The molecule has 5 nitrogen and oxygen atoms in total. The molecule has 0 saturated heterocycles. The summed E-state index contributed by atoms with van der Waals surface area (Å²) < 4.78 is 20.8. The monoisotopic (exact) mass is 326 g/mol. The molecule has 0 spiro atoms. The molecule has 1 heterocycles. The highest BCUT2D eigenvalue weighted by Crippen LogP contribution is 2.27. The van der Waals surface area contributed by atoms with Crippen molar-refractivity contribution >= 4 is 28.1 Å². The van der Waals surface area contributed by atoms with Crippen LogP contribution in [-0.2, 0) is 0 Å². The van der Waals surface area contributed by atoms with Crippen LogP contribution in [0.15, 0.2) is 27.9 Å². The minimum Gasteiger partial charge on any atom is -0.495 e. The molecule has 2 rings (SSSR count). The molecule has 0 aliphatic heterocycles. The molecule has 0 atom stereocenters. The van der Waals surface area contributed by atoms with E-state index in [4.69, 9.17) is 10.5 Å². The van der Waals surface area contributed by atoms with E-state index in [0.29, 0.717) is 15.8 Å². The fraction of sp³-hybridized carbons (Fsp3) is 0.167. The number of ether oxygens (including phenoxy) is 1. The van der Waals surface area contributed by atoms with Gasteiger partial charge in [0.1, 0.15) is 11.6 Å². The van der Waals surface area contributed by atoms with Gasteiger partial charge < -0.3 is 10.5 Å². The number of anilines is 1. The Kier molecular flexibility index (Phi) is 3.84. The smallest absolute Gasteiger partial charge is 0.221 e. The molecular formula is C12H12BrFN4O. The van der Waals surface area contributed by atoms with Gasteiger partial charge in [-0.15, -0.1) is 0 Å². The third-order valence-electron chi connectivity index (χ3n) is 2.43. The molecule has 2 N–H and O–H groups in total. The van der Waals surface area contributed by atoms with Crippen LogP contribution in [0.25, 0.3) is 0 Å². The summed E-state index contributed by atoms with van der Waals surface area (Å²) in [6.45, 7) is 1.80. The Morgan fingerprint density at radius 3 is 2.84 bits per heavy atom. The van der Waals surface area contributed by atoms with E-state index in [9.17, 15) is 4.39 Å². The summed E-state index contributed by atoms with van der Waals surface area (Å²) >= 11 is 3.29. The van der Waals surface area contributed by atoms with Crippen LogP contribution in [0.2, 0.25) is 0 Å². The standard InChI is InChI=1S/C12H12BrFN4O/c1-7-6-18(12(15)17-7)16-5-8-3-9(13)11(19-2)4-10(8)14/h3-6H,1-2H3,(H2,15,17). The van der Waals surface area contributed by atoms with Crippen molar-refractivity contribution in [2.45, 2.75) is 6.92 Å². The van der Waals surface area contributed by atoms with Gasteiger partial charge in [-0.25, -0.2) is 14.1 Å². The summed E-state index contributed by atoms with van der Waals surface area (Å²) in [5.41, 5.74) is 6.69. The van der Waals surface area contributed by atoms with Crippen molar-refractivity contribution in [3.05, 3.63) is 39.9 Å². The van der Waals surface area contributed by atoms with Gasteiger partial charge in [0.2, 0.25) is 5.95 Å². The van der Waals surface area contributed by atoms with Crippen molar-refractivity contribution in [3.8, 4) is 5.75 Å². The number of aryl methyl sites for hydroxylation is 1. The molecule has 100 valence electrons. The van der Waals surface area contributed by atoms with E-state index in [1.54, 1.807) is 19.2 Å². The van der Waals surface area contributed by atoms with Gasteiger partial charge >= 0.3 is 0 Å². The Hall–Kier alpha value is -1.89. The number of imidazole rings is 1. The van der Waals surface area contributed by atoms with Crippen LogP contribution >= 0.6 is 15.9 Å². The third kappa shape index (κ3) is 2.93. The van der Waals surface area contributed by atoms with E-state index < -0.39 is 5.82 Å². The normalized spacial score (nSPS) is 11.2. The van der Waals surface area contributed by atoms with Crippen molar-refractivity contribution in [1.82, 2.24) is 9.66 Å². The van der Waals surface area contributed by atoms with Crippen LogP contribution in [-0.4, -0.2) is 23.0 Å². The predicted octanol–water partition coefficient (Wildman–Crippen LogP) is 2.57. The second kappa shape index (κ2) is 5.40. The van der Waals surface area contributed by atoms with Gasteiger partial charge in [0, 0.05) is 11.6 Å². The number of nitrogens with zero attached hydrogens (tertiary/aromatic N) is 3. The van der Waals surface area contributed by atoms with Crippen LogP contribution in [0.4, 0.5) is 10.3 Å². The van der Waals surface area contributed by atoms with Crippen LogP contribution in [0.3, 0.4) is 0 Å². The van der Waals surface area contributed by atoms with Crippen LogP contribution in [0.1, 0.15) is 11.3 Å². The van der Waals surface area contributed by atoms with Gasteiger partial charge in [-0.3, -0.25) is 0 Å². The van der Waals surface area contributed by atoms with E-state index >= 15 is 0 Å². The largest absolute Gasteiger partial charge is 0.495 e. The molecule has 1 aromatic carbocycles. The van der Waals surface area contributed by atoms with Crippen molar-refractivity contribution in [1.29, 1.82) is 0 Å². The molecule has 0 aliphatic carbocycles. The highest BCUT2D eigenvalue weighted by molar-refractivity contribution is 9.10. The first-order valence-corrected chi connectivity index (χ1v) is 6.19. The van der Waals surface area contributed by atoms with Crippen LogP contribution < -0.4 is 10.5 Å². The number of methoxy groups -OCH3 is 1. The van der Waals surface area contributed by atoms with Gasteiger partial charge in [-0.1, -0.05) is 0 Å². The van der Waals surface area contributed by atoms with Crippen molar-refractivity contribution in [2.24, 2.45) is 5.10 Å². The fourth-order valence-electron chi connectivity index (χ4n) is 1.52. The van der Waals surface area contributed by atoms with Gasteiger partial charge in [0.25, 0.3) is 0 Å². The highest BCUT2D eigenvalue weighted by atomic mass is 79.9. The molecule has 0 unspecified atom stereocenters. The Balaban J connectivity index is 2.33. The topological polar surface area (TPSA) is 65.4 Å². The van der Waals surface area contributed by atoms with E-state index in [-0.39, 0.29) is 5.95 Å². The Morgan fingerprint density at radius 2 is 2.26 bits per heavy atom. The number of hydrogen-bond donors (Lipinski definition) is 1. The second-order valence-electron chi connectivity index (χ2n) is 3.84. The van der Waals surface area contributed by atoms with Gasteiger partial charge in [-0.05, 0) is 28.9 Å². The Bertz CT molecular complexity index is 639. The molecule has 0 aliphatic rings. The van der Waals surface area contributed by atoms with Crippen molar-refractivity contribution in [3.63, 3.8) is 0 Å². The minimum atomic E-state index is -0.431. The SMILES string of the molecule is COc1cc(F)c(C=Nn2cc(C)nc2N)cc1Br. The lowest BCUT2D eigenvalue weighted by molar-refractivity contribution is 0.408. The first-order chi connectivity index (χ1) is 9.01. The van der Waals surface area contributed by atoms with E-state index in [2.05, 4.69) is 26.0 Å². The zero-order chi connectivity index (χ0) is 14.0. The lowest BCUT2D eigenvalue weighted by Gasteiger charge is -2.05. The number of halogens is 2. The number of hydrogen-bond acceptors (Lipinski definition) is 4. The number of nitrogens with two attached hydrogens (primary N) is 1. The first-order valence-electron chi connectivity index (χ1n) is 5.40. The Labute approximate surface area is 118 Å². The number of rotatable bonds is 3. The maximum absolute atomic E-state index is 13.8. The molecule has 19 heavy (non-hydrogen) atoms. The molecular weight excluding hydrogens is 315 g/mol. The lowest BCUT2D eigenvalue weighted by Crippen LogP contribution is -1.98. The second-order valence-corrected chi connectivity index (χ2v) is 4.69. The fourth-order valence-corrected chi connectivity index (χ4v) is 2.04. The molecule has 0 amide bonds. The van der Waals surface area contributed by atoms with E-state index in [0.717, 1.165) is 5.69 Å². The zero-order valence-electron chi connectivity index (χ0n) is 10.4. The van der Waals surface area contributed by atoms with Gasteiger partial charge in [-0.2, -0.15) is 5.10 Å². The first kappa shape index (κ1) is 13.5. The van der Waals surface area contributed by atoms with Crippen LogP contribution in [0, 0.1) is 12.7 Å². The molecule has 0 bridgehead atoms. The molecule has 0 fully saturated rings. The summed E-state index contributed by atoms with van der Waals surface area (Å²) in [5, 5.41) is 4.06. The molecule has 0 saturated carbocycles. The number of aromatic nitrogens is 2. The maximum Gasteiger partial charge on any atom is 0.221 e. The van der Waals surface area contributed by atoms with Crippen molar-refractivity contribution < 1.29 is 9.13 Å². The maximum atomic E-state index is 13.8. The third-order valence-corrected chi connectivity index (χ3v) is 3.05. The summed E-state index contributed by atoms with van der Waals surface area (Å²) in [4.78, 5) is 3.99. The van der Waals surface area contributed by atoms with Crippen molar-refractivity contribution in [2.75, 3.05) is 12.8 Å². The number of nitrogen functional groups attached to an aromatic ring is 1. The Morgan fingerprint density at radius 1 is 1.53 bits per heavy atom. The summed E-state index contributed by atoms with van der Waals surface area (Å²) in [7, 11) is 1.47. The summed E-state index contributed by atoms with van der Waals surface area (Å²) in [6, 6.07) is 2.87. The van der Waals surface area contributed by atoms with Gasteiger partial charge in [0.15, 0.2) is 0 Å². The quantitative estimate of drug-likeness (QED) is 0.881. The average Bonchev–Trinajstić information content (AvgIpc) is 2.68. The summed E-state index contributed by atoms with van der Waals surface area (Å²) in [6.07, 6.45) is 3.03. The molecule has 2 aromatic rings. The summed E-state index contributed by atoms with van der Waals surface area (Å²) in [5.74, 6) is 0.244. The number of benzene rings is 1. The van der Waals surface area contributed by atoms with Gasteiger partial charge in [0.05, 0.1) is 29.7 Å². The van der Waals surface area contributed by atoms with Crippen LogP contribution in [0.5, 0.6) is 5.75 Å². The van der Waals surface area contributed by atoms with E-state index in [1.165, 1.54) is 24.1 Å². The lowest BCUT2D eigenvalue weighted by atomic mass is 10.2. The molecule has 7 heteroatoms. The predicted molar refractivity (Wildman–Crippen MR) is 75.0 cm³/mol. The highest BCUT2D eigenvalue weighted by Gasteiger charge is 2.07. The molecule has 1 aromatic heterocycles. The minimum absolute atomic E-state index is 0.252.